The molecule has 1 atom stereocenters. The van der Waals surface area contributed by atoms with Crippen LogP contribution in [0.3, 0.4) is 0 Å². The third-order valence-corrected chi connectivity index (χ3v) is 6.21. The van der Waals surface area contributed by atoms with E-state index in [0.717, 1.165) is 44.8 Å². The van der Waals surface area contributed by atoms with Gasteiger partial charge in [-0.15, -0.1) is 0 Å². The Labute approximate surface area is 169 Å². The number of nitrogens with one attached hydrogen (secondary N) is 1. The van der Waals surface area contributed by atoms with Crippen LogP contribution in [0.4, 0.5) is 5.82 Å². The van der Waals surface area contributed by atoms with Crippen LogP contribution in [0, 0.1) is 0 Å². The zero-order chi connectivity index (χ0) is 19.2. The molecular formula is C23H34N4O. The molecular weight excluding hydrogens is 348 g/mol. The summed E-state index contributed by atoms with van der Waals surface area (Å²) < 4.78 is 5.27. The normalized spacial score (nSPS) is 20.9. The van der Waals surface area contributed by atoms with Gasteiger partial charge in [0.05, 0.1) is 12.1 Å². The van der Waals surface area contributed by atoms with E-state index in [9.17, 15) is 0 Å². The van der Waals surface area contributed by atoms with E-state index in [1.807, 2.05) is 0 Å². The maximum Gasteiger partial charge on any atom is 0.133 e. The Morgan fingerprint density at radius 3 is 2.82 bits per heavy atom. The van der Waals surface area contributed by atoms with Crippen LogP contribution in [0.2, 0.25) is 0 Å². The molecule has 2 fully saturated rings. The Hall–Kier alpha value is -1.69. The van der Waals surface area contributed by atoms with Gasteiger partial charge >= 0.3 is 0 Å². The number of hydrogen-bond acceptors (Lipinski definition) is 5. The number of nitrogens with zero attached hydrogens (tertiary/aromatic N) is 3. The van der Waals surface area contributed by atoms with Gasteiger partial charge in [-0.05, 0) is 50.8 Å². The van der Waals surface area contributed by atoms with Gasteiger partial charge in [0.2, 0.25) is 0 Å². The minimum absolute atomic E-state index is 0.627. The second-order valence-electron chi connectivity index (χ2n) is 8.17. The third-order valence-electron chi connectivity index (χ3n) is 6.21. The van der Waals surface area contributed by atoms with Gasteiger partial charge in [-0.3, -0.25) is 4.90 Å². The monoisotopic (exact) mass is 382 g/mol. The lowest BCUT2D eigenvalue weighted by molar-refractivity contribution is 0.140. The first-order chi connectivity index (χ1) is 13.8. The van der Waals surface area contributed by atoms with Crippen molar-refractivity contribution in [1.82, 2.24) is 15.2 Å². The summed E-state index contributed by atoms with van der Waals surface area (Å²) in [6.45, 7) is 7.25. The number of benzene rings is 1. The van der Waals surface area contributed by atoms with Crippen LogP contribution in [0.15, 0.2) is 30.3 Å². The fourth-order valence-electron chi connectivity index (χ4n) is 4.66. The van der Waals surface area contributed by atoms with E-state index >= 15 is 0 Å². The van der Waals surface area contributed by atoms with Gasteiger partial charge in [-0.1, -0.05) is 18.2 Å². The number of rotatable bonds is 8. The van der Waals surface area contributed by atoms with Crippen molar-refractivity contribution in [3.8, 4) is 0 Å². The van der Waals surface area contributed by atoms with Crippen molar-refractivity contribution in [3.05, 3.63) is 35.9 Å². The van der Waals surface area contributed by atoms with Crippen molar-refractivity contribution in [3.63, 3.8) is 0 Å². The van der Waals surface area contributed by atoms with E-state index < -0.39 is 0 Å². The maximum atomic E-state index is 5.27. The Bertz CT molecular complexity index is 759. The molecule has 5 nitrogen and oxygen atoms in total. The maximum absolute atomic E-state index is 5.27. The summed E-state index contributed by atoms with van der Waals surface area (Å²) in [4.78, 5) is 10.1. The Morgan fingerprint density at radius 1 is 1.11 bits per heavy atom. The van der Waals surface area contributed by atoms with Crippen LogP contribution < -0.4 is 10.2 Å². The summed E-state index contributed by atoms with van der Waals surface area (Å²) in [6, 6.07) is 11.5. The second kappa shape index (κ2) is 9.68. The van der Waals surface area contributed by atoms with E-state index in [4.69, 9.17) is 9.72 Å². The molecule has 4 rings (SSSR count). The zero-order valence-electron chi connectivity index (χ0n) is 17.2. The molecule has 1 N–H and O–H groups in total. The largest absolute Gasteiger partial charge is 0.383 e. The Morgan fingerprint density at radius 2 is 1.96 bits per heavy atom. The predicted octanol–water partition coefficient (Wildman–Crippen LogP) is 3.43. The molecule has 1 unspecified atom stereocenters. The predicted molar refractivity (Wildman–Crippen MR) is 116 cm³/mol. The molecule has 152 valence electrons. The topological polar surface area (TPSA) is 40.6 Å². The van der Waals surface area contributed by atoms with Crippen molar-refractivity contribution in [2.45, 2.75) is 44.7 Å². The second-order valence-corrected chi connectivity index (χ2v) is 8.17. The summed E-state index contributed by atoms with van der Waals surface area (Å²) in [5, 5.41) is 4.98. The van der Waals surface area contributed by atoms with E-state index in [0.29, 0.717) is 6.04 Å². The van der Waals surface area contributed by atoms with Gasteiger partial charge in [0.25, 0.3) is 0 Å². The number of pyridine rings is 1. The molecule has 2 aliphatic heterocycles. The molecule has 3 heterocycles. The number of likely N-dealkylation sites (tertiary alicyclic amines) is 1. The van der Waals surface area contributed by atoms with Crippen LogP contribution in [-0.2, 0) is 11.3 Å². The summed E-state index contributed by atoms with van der Waals surface area (Å²) in [7, 11) is 1.79. The minimum Gasteiger partial charge on any atom is -0.383 e. The van der Waals surface area contributed by atoms with Crippen molar-refractivity contribution >= 4 is 16.7 Å². The van der Waals surface area contributed by atoms with E-state index in [1.54, 1.807) is 7.11 Å². The standard InChI is InChI=1S/C23H34N4O/c1-28-15-14-26-13-7-9-21(26)18-24-17-20-16-19-8-3-4-10-22(19)25-23(20)27-11-5-2-6-12-27/h3-4,8,10,16,21,24H,2,5-7,9,11-15,17-18H2,1H3. The highest BCUT2D eigenvalue weighted by atomic mass is 16.5. The lowest BCUT2D eigenvalue weighted by Gasteiger charge is -2.30. The van der Waals surface area contributed by atoms with E-state index in [1.165, 1.54) is 55.4 Å². The molecule has 2 aromatic rings. The van der Waals surface area contributed by atoms with Gasteiger partial charge in [-0.2, -0.15) is 0 Å². The van der Waals surface area contributed by atoms with Crippen molar-refractivity contribution in [2.75, 3.05) is 51.3 Å². The van der Waals surface area contributed by atoms with Crippen LogP contribution in [0.25, 0.3) is 10.9 Å². The fraction of sp³-hybridized carbons (Fsp3) is 0.609. The van der Waals surface area contributed by atoms with Crippen LogP contribution >= 0.6 is 0 Å². The van der Waals surface area contributed by atoms with Crippen LogP contribution in [-0.4, -0.2) is 62.4 Å². The minimum atomic E-state index is 0.627. The highest BCUT2D eigenvalue weighted by Crippen LogP contribution is 2.26. The van der Waals surface area contributed by atoms with Crippen LogP contribution in [0.5, 0.6) is 0 Å². The van der Waals surface area contributed by atoms with Crippen molar-refractivity contribution < 1.29 is 4.74 Å². The number of piperidine rings is 1. The first-order valence-electron chi connectivity index (χ1n) is 10.9. The van der Waals surface area contributed by atoms with Crippen LogP contribution in [0.1, 0.15) is 37.7 Å². The third kappa shape index (κ3) is 4.65. The van der Waals surface area contributed by atoms with Gasteiger partial charge in [0, 0.05) is 56.8 Å². The average Bonchev–Trinajstić information content (AvgIpc) is 3.19. The number of para-hydroxylation sites is 1. The summed E-state index contributed by atoms with van der Waals surface area (Å²) in [6.07, 6.45) is 6.48. The number of fused-ring (bicyclic) bond motifs is 1. The molecule has 0 spiro atoms. The lowest BCUT2D eigenvalue weighted by Crippen LogP contribution is -2.39. The highest BCUT2D eigenvalue weighted by Gasteiger charge is 2.24. The van der Waals surface area contributed by atoms with E-state index in [-0.39, 0.29) is 0 Å². The van der Waals surface area contributed by atoms with E-state index in [2.05, 4.69) is 45.4 Å². The number of anilines is 1. The van der Waals surface area contributed by atoms with Gasteiger partial charge < -0.3 is 15.0 Å². The van der Waals surface area contributed by atoms with Gasteiger partial charge in [-0.25, -0.2) is 4.98 Å². The first kappa shape index (κ1) is 19.6. The number of methoxy groups -OCH3 is 1. The number of aromatic nitrogens is 1. The Kier molecular flexibility index (Phi) is 6.78. The summed E-state index contributed by atoms with van der Waals surface area (Å²) >= 11 is 0. The fourth-order valence-corrected chi connectivity index (χ4v) is 4.66. The molecule has 2 saturated heterocycles. The van der Waals surface area contributed by atoms with Crippen molar-refractivity contribution in [2.24, 2.45) is 0 Å². The molecule has 1 aromatic carbocycles. The number of hydrogen-bond donors (Lipinski definition) is 1. The molecule has 1 aromatic heterocycles. The quantitative estimate of drug-likeness (QED) is 0.758. The van der Waals surface area contributed by atoms with Crippen molar-refractivity contribution in [1.29, 1.82) is 0 Å². The SMILES string of the molecule is COCCN1CCCC1CNCc1cc2ccccc2nc1N1CCCCC1. The molecule has 0 bridgehead atoms. The molecule has 5 heteroatoms. The molecule has 0 saturated carbocycles. The summed E-state index contributed by atoms with van der Waals surface area (Å²) in [5.41, 5.74) is 2.44. The number of ether oxygens (including phenoxy) is 1. The summed E-state index contributed by atoms with van der Waals surface area (Å²) in [5.74, 6) is 1.19. The molecule has 28 heavy (non-hydrogen) atoms. The Balaban J connectivity index is 1.46. The van der Waals surface area contributed by atoms with Gasteiger partial charge in [0.1, 0.15) is 5.82 Å². The van der Waals surface area contributed by atoms with Gasteiger partial charge in [0.15, 0.2) is 0 Å². The average molecular weight is 383 g/mol. The lowest BCUT2D eigenvalue weighted by atomic mass is 10.1. The first-order valence-corrected chi connectivity index (χ1v) is 10.9. The highest BCUT2D eigenvalue weighted by molar-refractivity contribution is 5.81. The smallest absolute Gasteiger partial charge is 0.133 e. The molecule has 0 aliphatic carbocycles. The molecule has 2 aliphatic rings. The molecule has 0 amide bonds. The zero-order valence-corrected chi connectivity index (χ0v) is 17.2. The molecule has 0 radical (unpaired) electrons.